The number of nitrogens with one attached hydrogen (secondary N) is 1. The van der Waals surface area contributed by atoms with Crippen LogP contribution in [0.1, 0.15) is 11.1 Å². The fraction of sp³-hybridized carbons (Fsp3) is 0.455. The smallest absolute Gasteiger partial charge is 0.165 e. The van der Waals surface area contributed by atoms with Gasteiger partial charge in [0, 0.05) is 22.1 Å². The van der Waals surface area contributed by atoms with E-state index in [0.717, 1.165) is 27.1 Å². The third-order valence-corrected chi connectivity index (χ3v) is 3.14. The average molecular weight is 290 g/mol. The molecule has 1 aromatic rings. The van der Waals surface area contributed by atoms with Gasteiger partial charge in [-0.2, -0.15) is 5.48 Å². The summed E-state index contributed by atoms with van der Waals surface area (Å²) >= 11 is 3.49. The third kappa shape index (κ3) is 2.66. The molecule has 0 spiro atoms. The fourth-order valence-electron chi connectivity index (χ4n) is 1.50. The second kappa shape index (κ2) is 6.08. The van der Waals surface area contributed by atoms with Crippen LogP contribution in [-0.2, 0) is 11.4 Å². The molecule has 1 aromatic carbocycles. The lowest BCUT2D eigenvalue weighted by atomic mass is 10.1. The number of methoxy groups -OCH3 is 2. The lowest BCUT2D eigenvalue weighted by Gasteiger charge is -2.16. The van der Waals surface area contributed by atoms with E-state index in [1.165, 1.54) is 0 Å². The Labute approximate surface area is 104 Å². The summed E-state index contributed by atoms with van der Waals surface area (Å²) in [5.74, 6) is 1.47. The third-order valence-electron chi connectivity index (χ3n) is 2.31. The first-order valence-electron chi connectivity index (χ1n) is 4.81. The van der Waals surface area contributed by atoms with Crippen LogP contribution in [0.25, 0.3) is 0 Å². The van der Waals surface area contributed by atoms with Gasteiger partial charge >= 0.3 is 0 Å². The van der Waals surface area contributed by atoms with Crippen molar-refractivity contribution in [1.29, 1.82) is 0 Å². The van der Waals surface area contributed by atoms with E-state index in [2.05, 4.69) is 21.4 Å². The van der Waals surface area contributed by atoms with Crippen molar-refractivity contribution < 1.29 is 14.3 Å². The van der Waals surface area contributed by atoms with E-state index < -0.39 is 0 Å². The van der Waals surface area contributed by atoms with Gasteiger partial charge in [-0.3, -0.25) is 0 Å². The maximum absolute atomic E-state index is 5.36. The average Bonchev–Trinajstić information content (AvgIpc) is 2.29. The Hall–Kier alpha value is -0.780. The van der Waals surface area contributed by atoms with E-state index in [9.17, 15) is 0 Å². The molecule has 0 unspecified atom stereocenters. The predicted molar refractivity (Wildman–Crippen MR) is 65.8 cm³/mol. The zero-order chi connectivity index (χ0) is 12.1. The summed E-state index contributed by atoms with van der Waals surface area (Å²) in [5, 5.41) is 0. The van der Waals surface area contributed by atoms with E-state index in [1.54, 1.807) is 21.3 Å². The van der Waals surface area contributed by atoms with E-state index in [-0.39, 0.29) is 0 Å². The van der Waals surface area contributed by atoms with Crippen molar-refractivity contribution in [2.75, 3.05) is 21.3 Å². The first kappa shape index (κ1) is 13.3. The van der Waals surface area contributed by atoms with Crippen LogP contribution in [0.4, 0.5) is 0 Å². The molecule has 0 aliphatic rings. The number of hydrogen-bond donors (Lipinski definition) is 1. The molecule has 0 saturated heterocycles. The maximum atomic E-state index is 5.36. The van der Waals surface area contributed by atoms with Crippen LogP contribution in [0.15, 0.2) is 10.5 Å². The van der Waals surface area contributed by atoms with E-state index >= 15 is 0 Å². The lowest BCUT2D eigenvalue weighted by molar-refractivity contribution is 0.0860. The van der Waals surface area contributed by atoms with Crippen molar-refractivity contribution in [3.8, 4) is 11.5 Å². The van der Waals surface area contributed by atoms with Gasteiger partial charge in [0.2, 0.25) is 0 Å². The van der Waals surface area contributed by atoms with Crippen LogP contribution in [0.2, 0.25) is 0 Å². The van der Waals surface area contributed by atoms with Crippen LogP contribution in [0.5, 0.6) is 11.5 Å². The van der Waals surface area contributed by atoms with Crippen LogP contribution in [0, 0.1) is 6.92 Å². The van der Waals surface area contributed by atoms with Gasteiger partial charge in [-0.15, -0.1) is 0 Å². The number of hydrogen-bond acceptors (Lipinski definition) is 4. The van der Waals surface area contributed by atoms with E-state index in [1.807, 2.05) is 13.0 Å². The van der Waals surface area contributed by atoms with Gasteiger partial charge in [-0.1, -0.05) is 15.9 Å². The Morgan fingerprint density at radius 1 is 1.19 bits per heavy atom. The minimum Gasteiger partial charge on any atom is -0.493 e. The van der Waals surface area contributed by atoms with Gasteiger partial charge < -0.3 is 14.3 Å². The Kier molecular flexibility index (Phi) is 5.05. The maximum Gasteiger partial charge on any atom is 0.165 e. The van der Waals surface area contributed by atoms with Gasteiger partial charge in [0.25, 0.3) is 0 Å². The predicted octanol–water partition coefficient (Wildman–Crippen LogP) is 2.43. The molecule has 0 bridgehead atoms. The summed E-state index contributed by atoms with van der Waals surface area (Å²) < 4.78 is 11.7. The molecule has 0 aromatic heterocycles. The van der Waals surface area contributed by atoms with Crippen molar-refractivity contribution in [2.45, 2.75) is 13.5 Å². The second-order valence-corrected chi connectivity index (χ2v) is 4.09. The van der Waals surface area contributed by atoms with Crippen molar-refractivity contribution in [3.05, 3.63) is 21.7 Å². The Morgan fingerprint density at radius 3 is 2.31 bits per heavy atom. The minimum atomic E-state index is 0.551. The number of rotatable bonds is 5. The monoisotopic (exact) mass is 289 g/mol. The molecule has 5 heteroatoms. The summed E-state index contributed by atoms with van der Waals surface area (Å²) in [6.45, 7) is 2.52. The minimum absolute atomic E-state index is 0.551. The Balaban J connectivity index is 3.20. The highest BCUT2D eigenvalue weighted by molar-refractivity contribution is 9.10. The quantitative estimate of drug-likeness (QED) is 0.845. The molecule has 0 fully saturated rings. The molecule has 0 radical (unpaired) electrons. The number of ether oxygens (including phenoxy) is 2. The number of halogens is 1. The van der Waals surface area contributed by atoms with E-state index in [4.69, 9.17) is 14.3 Å². The lowest BCUT2D eigenvalue weighted by Crippen LogP contribution is -2.12. The van der Waals surface area contributed by atoms with E-state index in [0.29, 0.717) is 6.54 Å². The zero-order valence-corrected chi connectivity index (χ0v) is 11.5. The molecule has 4 nitrogen and oxygen atoms in total. The van der Waals surface area contributed by atoms with Crippen molar-refractivity contribution >= 4 is 15.9 Å². The topological polar surface area (TPSA) is 39.7 Å². The Morgan fingerprint density at radius 2 is 1.81 bits per heavy atom. The van der Waals surface area contributed by atoms with Crippen LogP contribution in [-0.4, -0.2) is 21.3 Å². The molecule has 0 atom stereocenters. The summed E-state index contributed by atoms with van der Waals surface area (Å²) in [4.78, 5) is 4.83. The molecular formula is C11H16BrNO3. The van der Waals surface area contributed by atoms with Gasteiger partial charge in [-0.25, -0.2) is 0 Å². The highest BCUT2D eigenvalue weighted by Crippen LogP contribution is 2.38. The summed E-state index contributed by atoms with van der Waals surface area (Å²) in [7, 11) is 4.83. The molecule has 0 aliphatic carbocycles. The molecule has 16 heavy (non-hydrogen) atoms. The molecular weight excluding hydrogens is 274 g/mol. The molecule has 1 rings (SSSR count). The molecule has 0 aliphatic heterocycles. The largest absolute Gasteiger partial charge is 0.493 e. The van der Waals surface area contributed by atoms with Crippen LogP contribution >= 0.6 is 15.9 Å². The van der Waals surface area contributed by atoms with Crippen LogP contribution < -0.4 is 15.0 Å². The highest BCUT2D eigenvalue weighted by Gasteiger charge is 2.15. The normalized spacial score (nSPS) is 10.3. The number of hydroxylamine groups is 1. The highest BCUT2D eigenvalue weighted by atomic mass is 79.9. The van der Waals surface area contributed by atoms with Gasteiger partial charge in [0.05, 0.1) is 21.3 Å². The Bertz CT molecular complexity index is 369. The van der Waals surface area contributed by atoms with Crippen LogP contribution in [0.3, 0.4) is 0 Å². The molecule has 0 saturated carbocycles. The van der Waals surface area contributed by atoms with Crippen molar-refractivity contribution in [2.24, 2.45) is 0 Å². The molecule has 1 N–H and O–H groups in total. The summed E-state index contributed by atoms with van der Waals surface area (Å²) in [6, 6.07) is 1.99. The van der Waals surface area contributed by atoms with Crippen molar-refractivity contribution in [1.82, 2.24) is 5.48 Å². The fourth-order valence-corrected chi connectivity index (χ4v) is 1.96. The first-order valence-corrected chi connectivity index (χ1v) is 5.60. The van der Waals surface area contributed by atoms with Crippen molar-refractivity contribution in [3.63, 3.8) is 0 Å². The summed E-state index contributed by atoms with van der Waals surface area (Å²) in [5.41, 5.74) is 4.77. The molecule has 0 heterocycles. The molecule has 0 amide bonds. The zero-order valence-electron chi connectivity index (χ0n) is 9.89. The number of benzene rings is 1. The second-order valence-electron chi connectivity index (χ2n) is 3.23. The standard InChI is InChI=1S/C11H16BrNO3/c1-7-9(12)5-8(6-13-16-4)11(15-3)10(7)14-2/h5,13H,6H2,1-4H3. The van der Waals surface area contributed by atoms with Gasteiger partial charge in [-0.05, 0) is 13.0 Å². The molecule has 90 valence electrons. The van der Waals surface area contributed by atoms with Gasteiger partial charge in [0.1, 0.15) is 0 Å². The first-order chi connectivity index (χ1) is 7.65. The van der Waals surface area contributed by atoms with Gasteiger partial charge in [0.15, 0.2) is 11.5 Å². The summed E-state index contributed by atoms with van der Waals surface area (Å²) in [6.07, 6.45) is 0. The SMILES string of the molecule is CONCc1cc(Br)c(C)c(OC)c1OC.